The molecule has 0 aromatic carbocycles. The van der Waals surface area contributed by atoms with E-state index in [0.29, 0.717) is 23.8 Å². The van der Waals surface area contributed by atoms with E-state index in [0.717, 1.165) is 5.56 Å². The predicted octanol–water partition coefficient (Wildman–Crippen LogP) is 1.20. The molecule has 0 unspecified atom stereocenters. The fourth-order valence-corrected chi connectivity index (χ4v) is 1.57. The number of carbonyl (C=O) groups excluding carboxylic acids is 1. The number of carbonyl (C=O) groups is 1. The quantitative estimate of drug-likeness (QED) is 0.840. The van der Waals surface area contributed by atoms with Gasteiger partial charge in [0.05, 0.1) is 12.7 Å². The summed E-state index contributed by atoms with van der Waals surface area (Å²) in [6, 6.07) is 6.94. The van der Waals surface area contributed by atoms with E-state index in [1.165, 1.54) is 0 Å². The van der Waals surface area contributed by atoms with Crippen molar-refractivity contribution in [1.82, 2.24) is 9.97 Å². The van der Waals surface area contributed by atoms with E-state index in [4.69, 9.17) is 10.5 Å². The molecule has 19 heavy (non-hydrogen) atoms. The molecule has 3 N–H and O–H groups in total. The Morgan fingerprint density at radius 3 is 2.84 bits per heavy atom. The van der Waals surface area contributed by atoms with Crippen LogP contribution in [0.25, 0.3) is 0 Å². The van der Waals surface area contributed by atoms with E-state index in [9.17, 15) is 4.79 Å². The third kappa shape index (κ3) is 3.19. The molecule has 0 aliphatic heterocycles. The molecule has 0 fully saturated rings. The summed E-state index contributed by atoms with van der Waals surface area (Å²) in [7, 11) is 1.56. The molecule has 0 radical (unpaired) electrons. The fourth-order valence-electron chi connectivity index (χ4n) is 1.57. The van der Waals surface area contributed by atoms with Crippen molar-refractivity contribution >= 4 is 11.7 Å². The van der Waals surface area contributed by atoms with Crippen molar-refractivity contribution in [3.05, 3.63) is 47.8 Å². The topological polar surface area (TPSA) is 90.1 Å². The molecule has 6 heteroatoms. The van der Waals surface area contributed by atoms with Crippen LogP contribution in [0.1, 0.15) is 15.9 Å². The Morgan fingerprint density at radius 1 is 1.37 bits per heavy atom. The summed E-state index contributed by atoms with van der Waals surface area (Å²) in [6.07, 6.45) is 3.29. The van der Waals surface area contributed by atoms with Crippen LogP contribution in [0, 0.1) is 0 Å². The van der Waals surface area contributed by atoms with Crippen molar-refractivity contribution in [2.24, 2.45) is 5.73 Å². The van der Waals surface area contributed by atoms with Crippen LogP contribution in [0.3, 0.4) is 0 Å². The van der Waals surface area contributed by atoms with Crippen molar-refractivity contribution in [2.45, 2.75) is 6.54 Å². The van der Waals surface area contributed by atoms with Gasteiger partial charge in [0, 0.05) is 25.0 Å². The van der Waals surface area contributed by atoms with Crippen LogP contribution >= 0.6 is 0 Å². The summed E-state index contributed by atoms with van der Waals surface area (Å²) in [5.41, 5.74) is 6.58. The van der Waals surface area contributed by atoms with Crippen LogP contribution in [0.2, 0.25) is 0 Å². The number of nitrogens with two attached hydrogens (primary N) is 1. The Kier molecular flexibility index (Phi) is 3.92. The van der Waals surface area contributed by atoms with Gasteiger partial charge in [0.15, 0.2) is 0 Å². The number of ether oxygens (including phenoxy) is 1. The molecule has 2 rings (SSSR count). The lowest BCUT2D eigenvalue weighted by Gasteiger charge is -2.08. The number of nitrogens with zero attached hydrogens (tertiary/aromatic N) is 2. The second-order valence-corrected chi connectivity index (χ2v) is 3.83. The van der Waals surface area contributed by atoms with Crippen LogP contribution in [0.15, 0.2) is 36.7 Å². The van der Waals surface area contributed by atoms with Gasteiger partial charge in [-0.25, -0.2) is 9.97 Å². The number of aromatic nitrogens is 2. The second kappa shape index (κ2) is 5.81. The van der Waals surface area contributed by atoms with Gasteiger partial charge in [-0.05, 0) is 17.7 Å². The van der Waals surface area contributed by atoms with Gasteiger partial charge in [0.25, 0.3) is 5.91 Å². The molecule has 0 saturated heterocycles. The zero-order valence-electron chi connectivity index (χ0n) is 10.5. The van der Waals surface area contributed by atoms with Crippen molar-refractivity contribution in [3.8, 4) is 5.88 Å². The van der Waals surface area contributed by atoms with Gasteiger partial charge in [-0.1, -0.05) is 6.07 Å². The zero-order valence-corrected chi connectivity index (χ0v) is 10.5. The van der Waals surface area contributed by atoms with Gasteiger partial charge < -0.3 is 15.8 Å². The minimum Gasteiger partial charge on any atom is -0.481 e. The van der Waals surface area contributed by atoms with Crippen molar-refractivity contribution < 1.29 is 9.53 Å². The Balaban J connectivity index is 2.07. The summed E-state index contributed by atoms with van der Waals surface area (Å²) < 4.78 is 4.98. The first kappa shape index (κ1) is 12.8. The molecule has 0 aliphatic rings. The minimum atomic E-state index is -0.511. The van der Waals surface area contributed by atoms with Crippen LogP contribution in [-0.4, -0.2) is 23.0 Å². The number of anilines is 1. The predicted molar refractivity (Wildman–Crippen MR) is 70.9 cm³/mol. The number of hydrogen-bond donors (Lipinski definition) is 2. The number of pyridine rings is 2. The largest absolute Gasteiger partial charge is 0.481 e. The Hall–Kier alpha value is -2.63. The average molecular weight is 258 g/mol. The highest BCUT2D eigenvalue weighted by Gasteiger charge is 2.08. The third-order valence-corrected chi connectivity index (χ3v) is 2.54. The molecule has 0 spiro atoms. The summed E-state index contributed by atoms with van der Waals surface area (Å²) in [5, 5.41) is 3.06. The highest BCUT2D eigenvalue weighted by molar-refractivity contribution is 5.97. The highest BCUT2D eigenvalue weighted by Crippen LogP contribution is 2.13. The van der Waals surface area contributed by atoms with Crippen molar-refractivity contribution in [3.63, 3.8) is 0 Å². The third-order valence-electron chi connectivity index (χ3n) is 2.54. The number of rotatable bonds is 5. The molecular formula is C13H14N4O2. The number of hydrogen-bond acceptors (Lipinski definition) is 5. The second-order valence-electron chi connectivity index (χ2n) is 3.83. The fraction of sp³-hybridized carbons (Fsp3) is 0.154. The lowest BCUT2D eigenvalue weighted by atomic mass is 10.2. The van der Waals surface area contributed by atoms with E-state index in [1.807, 2.05) is 6.07 Å². The molecule has 2 aromatic heterocycles. The Labute approximate surface area is 110 Å². The monoisotopic (exact) mass is 258 g/mol. The van der Waals surface area contributed by atoms with Crippen LogP contribution < -0.4 is 15.8 Å². The standard InChI is InChI=1S/C13H14N4O2/c1-19-11-5-4-9(7-16-11)8-17-13-10(12(14)18)3-2-6-15-13/h2-7H,8H2,1H3,(H2,14,18)(H,15,17). The number of methoxy groups -OCH3 is 1. The van der Waals surface area contributed by atoms with Gasteiger partial charge in [-0.15, -0.1) is 0 Å². The first-order chi connectivity index (χ1) is 9.20. The number of nitrogens with one attached hydrogen (secondary N) is 1. The normalized spacial score (nSPS) is 9.95. The summed E-state index contributed by atoms with van der Waals surface area (Å²) in [5.74, 6) is 0.508. The summed E-state index contributed by atoms with van der Waals surface area (Å²) >= 11 is 0. The maximum Gasteiger partial charge on any atom is 0.252 e. The molecule has 1 amide bonds. The number of amides is 1. The van der Waals surface area contributed by atoms with Crippen molar-refractivity contribution in [1.29, 1.82) is 0 Å². The van der Waals surface area contributed by atoms with Crippen LogP contribution in [-0.2, 0) is 6.54 Å². The SMILES string of the molecule is COc1ccc(CNc2ncccc2C(N)=O)cn1. The van der Waals surface area contributed by atoms with Gasteiger partial charge in [0.2, 0.25) is 5.88 Å². The highest BCUT2D eigenvalue weighted by atomic mass is 16.5. The van der Waals surface area contributed by atoms with Crippen molar-refractivity contribution in [2.75, 3.05) is 12.4 Å². The van der Waals surface area contributed by atoms with Gasteiger partial charge in [-0.3, -0.25) is 4.79 Å². The minimum absolute atomic E-state index is 0.365. The molecule has 0 aliphatic carbocycles. The Bertz CT molecular complexity index is 569. The van der Waals surface area contributed by atoms with Crippen LogP contribution in [0.4, 0.5) is 5.82 Å². The maximum atomic E-state index is 11.2. The molecule has 0 atom stereocenters. The number of primary amides is 1. The molecular weight excluding hydrogens is 244 g/mol. The summed E-state index contributed by atoms with van der Waals surface area (Å²) in [6.45, 7) is 0.494. The van der Waals surface area contributed by atoms with E-state index < -0.39 is 5.91 Å². The first-order valence-electron chi connectivity index (χ1n) is 5.68. The molecule has 2 aromatic rings. The van der Waals surface area contributed by atoms with Gasteiger partial charge in [0.1, 0.15) is 5.82 Å². The molecule has 0 bridgehead atoms. The summed E-state index contributed by atoms with van der Waals surface area (Å²) in [4.78, 5) is 19.4. The molecule has 98 valence electrons. The zero-order chi connectivity index (χ0) is 13.7. The van der Waals surface area contributed by atoms with E-state index in [1.54, 1.807) is 37.7 Å². The smallest absolute Gasteiger partial charge is 0.252 e. The van der Waals surface area contributed by atoms with Gasteiger partial charge in [-0.2, -0.15) is 0 Å². The van der Waals surface area contributed by atoms with Crippen LogP contribution in [0.5, 0.6) is 5.88 Å². The lowest BCUT2D eigenvalue weighted by molar-refractivity contribution is 0.100. The average Bonchev–Trinajstić information content (AvgIpc) is 2.46. The lowest BCUT2D eigenvalue weighted by Crippen LogP contribution is -2.15. The maximum absolute atomic E-state index is 11.2. The Morgan fingerprint density at radius 2 is 2.21 bits per heavy atom. The van der Waals surface area contributed by atoms with E-state index in [2.05, 4.69) is 15.3 Å². The van der Waals surface area contributed by atoms with E-state index in [-0.39, 0.29) is 0 Å². The molecule has 2 heterocycles. The van der Waals surface area contributed by atoms with Gasteiger partial charge >= 0.3 is 0 Å². The first-order valence-corrected chi connectivity index (χ1v) is 5.68. The molecule has 6 nitrogen and oxygen atoms in total. The van der Waals surface area contributed by atoms with E-state index >= 15 is 0 Å². The molecule has 0 saturated carbocycles.